The first-order chi connectivity index (χ1) is 9.31. The molecule has 0 unspecified atom stereocenters. The predicted octanol–water partition coefficient (Wildman–Crippen LogP) is 1.56. The molecule has 1 aromatic heterocycles. The van der Waals surface area contributed by atoms with Gasteiger partial charge in [-0.25, -0.2) is 4.98 Å². The van der Waals surface area contributed by atoms with E-state index in [0.717, 1.165) is 24.0 Å². The van der Waals surface area contributed by atoms with Crippen LogP contribution in [0.5, 0.6) is 5.88 Å². The molecule has 2 rings (SSSR count). The molecule has 0 bridgehead atoms. The van der Waals surface area contributed by atoms with Crippen LogP contribution in [0.25, 0.3) is 0 Å². The fourth-order valence-corrected chi connectivity index (χ4v) is 1.76. The number of pyridine rings is 1. The molecule has 5 nitrogen and oxygen atoms in total. The second-order valence-electron chi connectivity index (χ2n) is 4.69. The first kappa shape index (κ1) is 13.6. The number of nitrogens with one attached hydrogen (secondary N) is 2. The molecular formula is C14H22N4O. The van der Waals surface area contributed by atoms with Gasteiger partial charge in [-0.05, 0) is 37.3 Å². The van der Waals surface area contributed by atoms with E-state index in [-0.39, 0.29) is 0 Å². The van der Waals surface area contributed by atoms with Gasteiger partial charge in [0.05, 0.1) is 6.61 Å². The molecule has 1 saturated carbocycles. The Morgan fingerprint density at radius 1 is 1.47 bits per heavy atom. The monoisotopic (exact) mass is 262 g/mol. The van der Waals surface area contributed by atoms with Gasteiger partial charge < -0.3 is 15.4 Å². The summed E-state index contributed by atoms with van der Waals surface area (Å²) in [7, 11) is 1.79. The third-order valence-corrected chi connectivity index (χ3v) is 3.03. The summed E-state index contributed by atoms with van der Waals surface area (Å²) in [6.45, 7) is 4.32. The van der Waals surface area contributed by atoms with Crippen molar-refractivity contribution in [3.8, 4) is 5.88 Å². The van der Waals surface area contributed by atoms with Crippen molar-refractivity contribution in [2.45, 2.75) is 26.3 Å². The summed E-state index contributed by atoms with van der Waals surface area (Å²) < 4.78 is 5.38. The largest absolute Gasteiger partial charge is 0.478 e. The van der Waals surface area contributed by atoms with E-state index < -0.39 is 0 Å². The van der Waals surface area contributed by atoms with Crippen LogP contribution in [-0.4, -0.2) is 31.1 Å². The number of ether oxygens (including phenoxy) is 1. The SMILES string of the molecule is CCOc1cc(CNC(=NC)NCC2CC2)ccn1. The van der Waals surface area contributed by atoms with Gasteiger partial charge in [-0.1, -0.05) is 0 Å². The fourth-order valence-electron chi connectivity index (χ4n) is 1.76. The third-order valence-electron chi connectivity index (χ3n) is 3.03. The van der Waals surface area contributed by atoms with Gasteiger partial charge in [-0.15, -0.1) is 0 Å². The van der Waals surface area contributed by atoms with Gasteiger partial charge in [0.2, 0.25) is 5.88 Å². The van der Waals surface area contributed by atoms with Crippen molar-refractivity contribution >= 4 is 5.96 Å². The topological polar surface area (TPSA) is 58.5 Å². The van der Waals surface area contributed by atoms with Crippen LogP contribution in [0.2, 0.25) is 0 Å². The number of nitrogens with zero attached hydrogens (tertiary/aromatic N) is 2. The molecule has 0 aliphatic heterocycles. The van der Waals surface area contributed by atoms with Crippen molar-refractivity contribution in [2.24, 2.45) is 10.9 Å². The summed E-state index contributed by atoms with van der Waals surface area (Å²) in [4.78, 5) is 8.36. The van der Waals surface area contributed by atoms with Crippen molar-refractivity contribution in [3.05, 3.63) is 23.9 Å². The molecule has 5 heteroatoms. The van der Waals surface area contributed by atoms with Crippen LogP contribution in [0.3, 0.4) is 0 Å². The Morgan fingerprint density at radius 3 is 3.00 bits per heavy atom. The molecule has 0 saturated heterocycles. The molecule has 1 aliphatic carbocycles. The summed E-state index contributed by atoms with van der Waals surface area (Å²) >= 11 is 0. The lowest BCUT2D eigenvalue weighted by Gasteiger charge is -2.12. The second-order valence-corrected chi connectivity index (χ2v) is 4.69. The summed E-state index contributed by atoms with van der Waals surface area (Å²) in [5.41, 5.74) is 1.13. The normalized spacial score (nSPS) is 15.2. The second kappa shape index (κ2) is 6.97. The van der Waals surface area contributed by atoms with Gasteiger partial charge >= 0.3 is 0 Å². The predicted molar refractivity (Wildman–Crippen MR) is 76.3 cm³/mol. The highest BCUT2D eigenvalue weighted by molar-refractivity contribution is 5.79. The molecule has 0 spiro atoms. The molecule has 1 aliphatic rings. The molecule has 19 heavy (non-hydrogen) atoms. The van der Waals surface area contributed by atoms with Crippen molar-refractivity contribution in [2.75, 3.05) is 20.2 Å². The van der Waals surface area contributed by atoms with Crippen LogP contribution in [0, 0.1) is 5.92 Å². The lowest BCUT2D eigenvalue weighted by atomic mass is 10.2. The number of rotatable bonds is 6. The Labute approximate surface area is 114 Å². The number of hydrogen-bond donors (Lipinski definition) is 2. The molecule has 0 amide bonds. The minimum atomic E-state index is 0.633. The molecule has 104 valence electrons. The zero-order valence-electron chi connectivity index (χ0n) is 11.6. The maximum Gasteiger partial charge on any atom is 0.213 e. The lowest BCUT2D eigenvalue weighted by molar-refractivity contribution is 0.326. The smallest absolute Gasteiger partial charge is 0.213 e. The van der Waals surface area contributed by atoms with Crippen LogP contribution in [0.15, 0.2) is 23.3 Å². The number of hydrogen-bond acceptors (Lipinski definition) is 3. The maximum atomic E-state index is 5.38. The molecule has 1 heterocycles. The lowest BCUT2D eigenvalue weighted by Crippen LogP contribution is -2.37. The van der Waals surface area contributed by atoms with Crippen LogP contribution < -0.4 is 15.4 Å². The van der Waals surface area contributed by atoms with Gasteiger partial charge in [0.1, 0.15) is 0 Å². The van der Waals surface area contributed by atoms with Gasteiger partial charge in [-0.3, -0.25) is 4.99 Å². The zero-order valence-corrected chi connectivity index (χ0v) is 11.6. The van der Waals surface area contributed by atoms with Crippen LogP contribution in [-0.2, 0) is 6.54 Å². The van der Waals surface area contributed by atoms with Gasteiger partial charge in [0.25, 0.3) is 0 Å². The molecule has 2 N–H and O–H groups in total. The Bertz CT molecular complexity index is 429. The van der Waals surface area contributed by atoms with Crippen LogP contribution >= 0.6 is 0 Å². The van der Waals surface area contributed by atoms with Crippen molar-refractivity contribution < 1.29 is 4.74 Å². The Kier molecular flexibility index (Phi) is 5.01. The Hall–Kier alpha value is -1.78. The van der Waals surface area contributed by atoms with E-state index in [1.165, 1.54) is 12.8 Å². The van der Waals surface area contributed by atoms with E-state index in [1.807, 2.05) is 19.1 Å². The summed E-state index contributed by atoms with van der Waals surface area (Å²) in [5.74, 6) is 2.36. The summed E-state index contributed by atoms with van der Waals surface area (Å²) in [6, 6.07) is 3.92. The fraction of sp³-hybridized carbons (Fsp3) is 0.571. The van der Waals surface area contributed by atoms with E-state index in [9.17, 15) is 0 Å². The average molecular weight is 262 g/mol. The summed E-state index contributed by atoms with van der Waals surface area (Å²) in [5, 5.41) is 6.63. The molecule has 0 radical (unpaired) electrons. The van der Waals surface area contributed by atoms with Crippen molar-refractivity contribution in [1.82, 2.24) is 15.6 Å². The van der Waals surface area contributed by atoms with E-state index >= 15 is 0 Å². The van der Waals surface area contributed by atoms with Crippen LogP contribution in [0.4, 0.5) is 0 Å². The quantitative estimate of drug-likeness (QED) is 0.603. The van der Waals surface area contributed by atoms with Crippen molar-refractivity contribution in [1.29, 1.82) is 0 Å². The molecule has 0 atom stereocenters. The maximum absolute atomic E-state index is 5.38. The van der Waals surface area contributed by atoms with Crippen molar-refractivity contribution in [3.63, 3.8) is 0 Å². The number of guanidine groups is 1. The zero-order chi connectivity index (χ0) is 13.5. The first-order valence-electron chi connectivity index (χ1n) is 6.84. The van der Waals surface area contributed by atoms with E-state index in [4.69, 9.17) is 4.74 Å². The average Bonchev–Trinajstić information content (AvgIpc) is 3.24. The molecular weight excluding hydrogens is 240 g/mol. The van der Waals surface area contributed by atoms with Crippen LogP contribution in [0.1, 0.15) is 25.3 Å². The molecule has 1 aromatic rings. The van der Waals surface area contributed by atoms with Gasteiger partial charge in [0.15, 0.2) is 5.96 Å². The summed E-state index contributed by atoms with van der Waals surface area (Å²) in [6.07, 6.45) is 4.44. The van der Waals surface area contributed by atoms with E-state index in [2.05, 4.69) is 20.6 Å². The van der Waals surface area contributed by atoms with E-state index in [1.54, 1.807) is 13.2 Å². The highest BCUT2D eigenvalue weighted by atomic mass is 16.5. The number of aliphatic imine (C=N–C) groups is 1. The van der Waals surface area contributed by atoms with Gasteiger partial charge in [0, 0.05) is 32.4 Å². The van der Waals surface area contributed by atoms with E-state index in [0.29, 0.717) is 19.0 Å². The first-order valence-corrected chi connectivity index (χ1v) is 6.84. The molecule has 0 aromatic carbocycles. The Balaban J connectivity index is 1.80. The molecule has 1 fully saturated rings. The highest BCUT2D eigenvalue weighted by Gasteiger charge is 2.20. The van der Waals surface area contributed by atoms with Gasteiger partial charge in [-0.2, -0.15) is 0 Å². The Morgan fingerprint density at radius 2 is 2.32 bits per heavy atom. The number of aromatic nitrogens is 1. The highest BCUT2D eigenvalue weighted by Crippen LogP contribution is 2.27. The minimum Gasteiger partial charge on any atom is -0.478 e. The third kappa shape index (κ3) is 4.77. The standard InChI is InChI=1S/C14H22N4O/c1-3-19-13-8-12(6-7-16-13)10-18-14(15-2)17-9-11-4-5-11/h6-8,11H,3-5,9-10H2,1-2H3,(H2,15,17,18). The minimum absolute atomic E-state index is 0.633.